The molecule has 0 aromatic heterocycles. The van der Waals surface area contributed by atoms with E-state index in [0.717, 1.165) is 17.9 Å². The number of nitrogens with zero attached hydrogens (tertiary/aromatic N) is 1. The number of anilines is 1. The lowest BCUT2D eigenvalue weighted by Gasteiger charge is -2.20. The zero-order valence-electron chi connectivity index (χ0n) is 9.18. The number of nitrogens with two attached hydrogens (primary N) is 1. The summed E-state index contributed by atoms with van der Waals surface area (Å²) in [5, 5.41) is 0. The Labute approximate surface area is 103 Å². The van der Waals surface area contributed by atoms with Gasteiger partial charge in [-0.1, -0.05) is 0 Å². The summed E-state index contributed by atoms with van der Waals surface area (Å²) in [4.78, 5) is 25.8. The van der Waals surface area contributed by atoms with Gasteiger partial charge in [-0.3, -0.25) is 14.5 Å². The summed E-state index contributed by atoms with van der Waals surface area (Å²) in [6.07, 6.45) is 0.894. The van der Waals surface area contributed by atoms with Crippen LogP contribution in [-0.4, -0.2) is 34.3 Å². The molecule has 88 valence electrons. The lowest BCUT2D eigenvalue weighted by molar-refractivity contribution is 0.0601. The molecular weight excluding hydrogens is 236 g/mol. The van der Waals surface area contributed by atoms with Gasteiger partial charge in [-0.15, -0.1) is 0 Å². The van der Waals surface area contributed by atoms with Gasteiger partial charge in [0.2, 0.25) is 0 Å². The number of hydrogen-bond acceptors (Lipinski definition) is 4. The van der Waals surface area contributed by atoms with Crippen LogP contribution in [0.25, 0.3) is 0 Å². The van der Waals surface area contributed by atoms with Crippen molar-refractivity contribution in [1.82, 2.24) is 4.90 Å². The van der Waals surface area contributed by atoms with E-state index in [-0.39, 0.29) is 17.9 Å². The van der Waals surface area contributed by atoms with Crippen molar-refractivity contribution in [3.63, 3.8) is 0 Å². The van der Waals surface area contributed by atoms with Gasteiger partial charge in [-0.05, 0) is 30.4 Å². The highest BCUT2D eigenvalue weighted by Crippen LogP contribution is 2.31. The smallest absolute Gasteiger partial charge is 0.261 e. The summed E-state index contributed by atoms with van der Waals surface area (Å²) >= 11 is 1.78. The van der Waals surface area contributed by atoms with E-state index < -0.39 is 0 Å². The number of carbonyl (C=O) groups excluding carboxylic acids is 2. The maximum absolute atomic E-state index is 12.2. The van der Waals surface area contributed by atoms with Crippen molar-refractivity contribution in [3.8, 4) is 0 Å². The summed E-state index contributed by atoms with van der Waals surface area (Å²) in [5.41, 5.74) is 7.11. The third-order valence-electron chi connectivity index (χ3n) is 3.21. The Morgan fingerprint density at radius 1 is 1.24 bits per heavy atom. The van der Waals surface area contributed by atoms with Crippen LogP contribution < -0.4 is 5.73 Å². The van der Waals surface area contributed by atoms with E-state index in [1.165, 1.54) is 4.90 Å². The van der Waals surface area contributed by atoms with Crippen molar-refractivity contribution in [1.29, 1.82) is 0 Å². The minimum atomic E-state index is -0.190. The van der Waals surface area contributed by atoms with E-state index in [1.54, 1.807) is 30.0 Å². The molecule has 2 N–H and O–H groups in total. The molecule has 1 fully saturated rings. The van der Waals surface area contributed by atoms with Gasteiger partial charge in [0, 0.05) is 11.4 Å². The van der Waals surface area contributed by atoms with Gasteiger partial charge in [-0.2, -0.15) is 11.8 Å². The minimum Gasteiger partial charge on any atom is -0.399 e. The molecule has 3 rings (SSSR count). The highest BCUT2D eigenvalue weighted by atomic mass is 32.2. The fourth-order valence-electron chi connectivity index (χ4n) is 2.33. The lowest BCUT2D eigenvalue weighted by Crippen LogP contribution is -2.39. The molecule has 0 spiro atoms. The maximum Gasteiger partial charge on any atom is 0.261 e. The topological polar surface area (TPSA) is 63.4 Å². The number of nitrogen functional groups attached to an aromatic ring is 1. The predicted octanol–water partition coefficient (Wildman–Crippen LogP) is 1.37. The lowest BCUT2D eigenvalue weighted by atomic mass is 10.1. The normalized spacial score (nSPS) is 23.3. The molecule has 0 radical (unpaired) electrons. The van der Waals surface area contributed by atoms with E-state index in [2.05, 4.69) is 0 Å². The highest BCUT2D eigenvalue weighted by Gasteiger charge is 2.40. The Bertz CT molecular complexity index is 509. The van der Waals surface area contributed by atoms with Crippen LogP contribution >= 0.6 is 11.8 Å². The van der Waals surface area contributed by atoms with Crippen molar-refractivity contribution < 1.29 is 9.59 Å². The van der Waals surface area contributed by atoms with Gasteiger partial charge >= 0.3 is 0 Å². The number of thioether (sulfide) groups is 1. The summed E-state index contributed by atoms with van der Waals surface area (Å²) in [6, 6.07) is 4.95. The summed E-state index contributed by atoms with van der Waals surface area (Å²) in [7, 11) is 0. The first-order valence-electron chi connectivity index (χ1n) is 5.53. The second-order valence-corrected chi connectivity index (χ2v) is 5.45. The number of amides is 2. The summed E-state index contributed by atoms with van der Waals surface area (Å²) < 4.78 is 0. The van der Waals surface area contributed by atoms with E-state index in [9.17, 15) is 9.59 Å². The molecule has 5 heteroatoms. The fourth-order valence-corrected chi connectivity index (χ4v) is 3.53. The van der Waals surface area contributed by atoms with E-state index in [4.69, 9.17) is 5.73 Å². The molecule has 4 nitrogen and oxygen atoms in total. The molecule has 0 bridgehead atoms. The molecule has 0 aliphatic carbocycles. The van der Waals surface area contributed by atoms with Crippen LogP contribution in [0, 0.1) is 0 Å². The molecular formula is C12H12N2O2S. The van der Waals surface area contributed by atoms with Crippen LogP contribution in [-0.2, 0) is 0 Å². The number of rotatable bonds is 1. The number of benzene rings is 1. The molecule has 17 heavy (non-hydrogen) atoms. The second kappa shape index (κ2) is 3.77. The van der Waals surface area contributed by atoms with Crippen LogP contribution in [0.15, 0.2) is 18.2 Å². The fraction of sp³-hybridized carbons (Fsp3) is 0.333. The highest BCUT2D eigenvalue weighted by molar-refractivity contribution is 7.99. The Hall–Kier alpha value is -1.49. The molecule has 2 heterocycles. The van der Waals surface area contributed by atoms with Gasteiger partial charge in [-0.25, -0.2) is 0 Å². The molecule has 0 saturated carbocycles. The number of carbonyl (C=O) groups is 2. The second-order valence-electron chi connectivity index (χ2n) is 4.30. The zero-order chi connectivity index (χ0) is 12.0. The molecule has 1 atom stereocenters. The number of fused-ring (bicyclic) bond motifs is 1. The van der Waals surface area contributed by atoms with Crippen molar-refractivity contribution >= 4 is 29.3 Å². The number of imide groups is 1. The van der Waals surface area contributed by atoms with Crippen LogP contribution in [0.1, 0.15) is 27.1 Å². The van der Waals surface area contributed by atoms with Gasteiger partial charge in [0.15, 0.2) is 0 Å². The van der Waals surface area contributed by atoms with Crippen LogP contribution in [0.5, 0.6) is 0 Å². The van der Waals surface area contributed by atoms with Gasteiger partial charge < -0.3 is 5.73 Å². The Morgan fingerprint density at radius 3 is 2.71 bits per heavy atom. The Kier molecular flexibility index (Phi) is 2.36. The minimum absolute atomic E-state index is 0.0497. The summed E-state index contributed by atoms with van der Waals surface area (Å²) in [5.74, 6) is 1.50. The monoisotopic (exact) mass is 248 g/mol. The Balaban J connectivity index is 2.02. The zero-order valence-corrected chi connectivity index (χ0v) is 10.00. The van der Waals surface area contributed by atoms with E-state index >= 15 is 0 Å². The first-order chi connectivity index (χ1) is 8.18. The Morgan fingerprint density at radius 2 is 2.00 bits per heavy atom. The molecule has 1 unspecified atom stereocenters. The molecule has 1 aromatic rings. The van der Waals surface area contributed by atoms with Crippen molar-refractivity contribution in [2.75, 3.05) is 17.2 Å². The largest absolute Gasteiger partial charge is 0.399 e. The summed E-state index contributed by atoms with van der Waals surface area (Å²) in [6.45, 7) is 0. The quantitative estimate of drug-likeness (QED) is 0.602. The molecule has 2 amide bonds. The van der Waals surface area contributed by atoms with Gasteiger partial charge in [0.25, 0.3) is 11.8 Å². The van der Waals surface area contributed by atoms with E-state index in [0.29, 0.717) is 16.8 Å². The molecule has 1 aromatic carbocycles. The van der Waals surface area contributed by atoms with Gasteiger partial charge in [0.05, 0.1) is 17.2 Å². The van der Waals surface area contributed by atoms with Crippen LogP contribution in [0.4, 0.5) is 5.69 Å². The maximum atomic E-state index is 12.2. The molecule has 2 aliphatic rings. The van der Waals surface area contributed by atoms with E-state index in [1.807, 2.05) is 0 Å². The molecule has 2 aliphatic heterocycles. The first kappa shape index (κ1) is 10.7. The van der Waals surface area contributed by atoms with Gasteiger partial charge in [0.1, 0.15) is 0 Å². The number of hydrogen-bond donors (Lipinski definition) is 1. The molecule has 1 saturated heterocycles. The predicted molar refractivity (Wildman–Crippen MR) is 67.1 cm³/mol. The average Bonchev–Trinajstić information content (AvgIpc) is 2.88. The van der Waals surface area contributed by atoms with Crippen LogP contribution in [0.2, 0.25) is 0 Å². The van der Waals surface area contributed by atoms with Crippen LogP contribution in [0.3, 0.4) is 0 Å². The standard InChI is InChI=1S/C12H12N2O2S/c13-7-1-2-9-10(5-7)12(16)14(11(9)15)8-3-4-17-6-8/h1-2,5,8H,3-4,6,13H2. The van der Waals surface area contributed by atoms with Crippen molar-refractivity contribution in [2.24, 2.45) is 0 Å². The van der Waals surface area contributed by atoms with Crippen molar-refractivity contribution in [2.45, 2.75) is 12.5 Å². The van der Waals surface area contributed by atoms with Crippen molar-refractivity contribution in [3.05, 3.63) is 29.3 Å². The average molecular weight is 248 g/mol. The third kappa shape index (κ3) is 1.53. The third-order valence-corrected chi connectivity index (χ3v) is 4.36. The SMILES string of the molecule is Nc1ccc2c(c1)C(=O)N(C1CCSC1)C2=O. The first-order valence-corrected chi connectivity index (χ1v) is 6.69.